The first kappa shape index (κ1) is 19.4. The molecule has 2 N–H and O–H groups in total. The third-order valence-corrected chi connectivity index (χ3v) is 6.63. The fraction of sp³-hybridized carbons (Fsp3) is 0.556. The summed E-state index contributed by atoms with van der Waals surface area (Å²) in [6, 6.07) is 6.41. The van der Waals surface area contributed by atoms with Gasteiger partial charge in [0.2, 0.25) is 5.91 Å². The lowest BCUT2D eigenvalue weighted by molar-refractivity contribution is -0.121. The minimum absolute atomic E-state index is 0.0258. The number of amides is 2. The zero-order valence-corrected chi connectivity index (χ0v) is 15.6. The quantitative estimate of drug-likeness (QED) is 0.772. The standard InChI is InChI=1S/C18H26N2O4S/c1-13(2)25(23,24)16-10-6-5-9-15(16)18(22)19-12-11-17(21)20-14-7-3-4-8-14/h5-6,9-10,13-14H,3-4,7-8,11-12H2,1-2H3,(H,19,22)(H,20,21). The van der Waals surface area contributed by atoms with Crippen molar-refractivity contribution in [3.05, 3.63) is 29.8 Å². The van der Waals surface area contributed by atoms with Gasteiger partial charge >= 0.3 is 0 Å². The van der Waals surface area contributed by atoms with Crippen LogP contribution < -0.4 is 10.6 Å². The second-order valence-electron chi connectivity index (χ2n) is 6.64. The molecule has 138 valence electrons. The lowest BCUT2D eigenvalue weighted by atomic mass is 10.2. The van der Waals surface area contributed by atoms with E-state index < -0.39 is 21.0 Å². The Hall–Kier alpha value is -1.89. The van der Waals surface area contributed by atoms with Gasteiger partial charge in [-0.25, -0.2) is 8.42 Å². The molecule has 2 amide bonds. The summed E-state index contributed by atoms with van der Waals surface area (Å²) in [5.74, 6) is -0.566. The Balaban J connectivity index is 1.94. The monoisotopic (exact) mass is 366 g/mol. The van der Waals surface area contributed by atoms with E-state index in [4.69, 9.17) is 0 Å². The van der Waals surface area contributed by atoms with Crippen LogP contribution in [0, 0.1) is 0 Å². The number of carbonyl (C=O) groups excluding carboxylic acids is 2. The average Bonchev–Trinajstić information content (AvgIpc) is 3.07. The molecule has 0 atom stereocenters. The summed E-state index contributed by atoms with van der Waals surface area (Å²) in [6.07, 6.45) is 4.49. The van der Waals surface area contributed by atoms with Crippen LogP contribution in [0.3, 0.4) is 0 Å². The molecule has 0 heterocycles. The number of hydrogen-bond acceptors (Lipinski definition) is 4. The lowest BCUT2D eigenvalue weighted by Crippen LogP contribution is -2.35. The first-order valence-electron chi connectivity index (χ1n) is 8.73. The second kappa shape index (κ2) is 8.47. The minimum atomic E-state index is -3.55. The molecule has 0 saturated heterocycles. The molecule has 0 aromatic heterocycles. The maximum absolute atomic E-state index is 12.4. The smallest absolute Gasteiger partial charge is 0.252 e. The summed E-state index contributed by atoms with van der Waals surface area (Å²) in [7, 11) is -3.55. The summed E-state index contributed by atoms with van der Waals surface area (Å²) in [5.41, 5.74) is 0.118. The molecule has 0 aliphatic heterocycles. The molecule has 1 aliphatic carbocycles. The Labute approximate surface area is 149 Å². The van der Waals surface area contributed by atoms with Gasteiger partial charge in [0.15, 0.2) is 9.84 Å². The van der Waals surface area contributed by atoms with E-state index in [-0.39, 0.29) is 35.4 Å². The molecule has 2 rings (SSSR count). The summed E-state index contributed by atoms with van der Waals surface area (Å²) in [6.45, 7) is 3.34. The third-order valence-electron chi connectivity index (χ3n) is 4.42. The van der Waals surface area contributed by atoms with Crippen LogP contribution in [0.2, 0.25) is 0 Å². The van der Waals surface area contributed by atoms with Crippen LogP contribution in [0.1, 0.15) is 56.3 Å². The van der Waals surface area contributed by atoms with Crippen molar-refractivity contribution in [2.75, 3.05) is 6.54 Å². The minimum Gasteiger partial charge on any atom is -0.353 e. The van der Waals surface area contributed by atoms with Gasteiger partial charge in [0.05, 0.1) is 15.7 Å². The lowest BCUT2D eigenvalue weighted by Gasteiger charge is -2.14. The van der Waals surface area contributed by atoms with Crippen molar-refractivity contribution in [1.29, 1.82) is 0 Å². The molecule has 0 unspecified atom stereocenters. The topological polar surface area (TPSA) is 92.3 Å². The third kappa shape index (κ3) is 5.04. The fourth-order valence-corrected chi connectivity index (χ4v) is 4.15. The van der Waals surface area contributed by atoms with Crippen LogP contribution in [-0.2, 0) is 14.6 Å². The normalized spacial score (nSPS) is 15.3. The van der Waals surface area contributed by atoms with Crippen molar-refractivity contribution in [3.8, 4) is 0 Å². The Bertz CT molecular complexity index is 722. The Morgan fingerprint density at radius 2 is 1.80 bits per heavy atom. The maximum Gasteiger partial charge on any atom is 0.252 e. The first-order chi connectivity index (χ1) is 11.8. The number of hydrogen-bond donors (Lipinski definition) is 2. The highest BCUT2D eigenvalue weighted by Gasteiger charge is 2.25. The molecule has 6 nitrogen and oxygen atoms in total. The molecule has 1 saturated carbocycles. The van der Waals surface area contributed by atoms with Gasteiger partial charge in [-0.15, -0.1) is 0 Å². The van der Waals surface area contributed by atoms with E-state index in [1.807, 2.05) is 0 Å². The molecule has 1 aromatic carbocycles. The molecule has 0 radical (unpaired) electrons. The van der Waals surface area contributed by atoms with Gasteiger partial charge in [-0.3, -0.25) is 9.59 Å². The van der Waals surface area contributed by atoms with Gasteiger partial charge in [0.1, 0.15) is 0 Å². The van der Waals surface area contributed by atoms with Crippen molar-refractivity contribution in [2.45, 2.75) is 62.1 Å². The van der Waals surface area contributed by atoms with Gasteiger partial charge in [-0.1, -0.05) is 25.0 Å². The van der Waals surface area contributed by atoms with E-state index in [1.54, 1.807) is 26.0 Å². The Morgan fingerprint density at radius 3 is 2.44 bits per heavy atom. The maximum atomic E-state index is 12.4. The van der Waals surface area contributed by atoms with Crippen LogP contribution in [0.4, 0.5) is 0 Å². The van der Waals surface area contributed by atoms with Crippen molar-refractivity contribution in [3.63, 3.8) is 0 Å². The van der Waals surface area contributed by atoms with Crippen LogP contribution in [0.25, 0.3) is 0 Å². The van der Waals surface area contributed by atoms with Crippen molar-refractivity contribution in [2.24, 2.45) is 0 Å². The van der Waals surface area contributed by atoms with Crippen molar-refractivity contribution in [1.82, 2.24) is 10.6 Å². The molecule has 25 heavy (non-hydrogen) atoms. The Kier molecular flexibility index (Phi) is 6.58. The van der Waals surface area contributed by atoms with E-state index in [1.165, 1.54) is 12.1 Å². The predicted octanol–water partition coefficient (Wildman–Crippen LogP) is 2.05. The molecule has 0 spiro atoms. The van der Waals surface area contributed by atoms with Crippen molar-refractivity contribution < 1.29 is 18.0 Å². The van der Waals surface area contributed by atoms with E-state index in [0.29, 0.717) is 0 Å². The van der Waals surface area contributed by atoms with E-state index in [9.17, 15) is 18.0 Å². The predicted molar refractivity (Wildman–Crippen MR) is 96.1 cm³/mol. The number of rotatable bonds is 7. The molecular weight excluding hydrogens is 340 g/mol. The van der Waals surface area contributed by atoms with Gasteiger partial charge < -0.3 is 10.6 Å². The average molecular weight is 366 g/mol. The molecule has 1 fully saturated rings. The SMILES string of the molecule is CC(C)S(=O)(=O)c1ccccc1C(=O)NCCC(=O)NC1CCCC1. The molecule has 7 heteroatoms. The number of carbonyl (C=O) groups is 2. The van der Waals surface area contributed by atoms with Gasteiger partial charge in [-0.05, 0) is 38.8 Å². The fourth-order valence-electron chi connectivity index (χ4n) is 2.91. The highest BCUT2D eigenvalue weighted by Crippen LogP contribution is 2.20. The van der Waals surface area contributed by atoms with Crippen LogP contribution >= 0.6 is 0 Å². The number of nitrogens with one attached hydrogen (secondary N) is 2. The van der Waals surface area contributed by atoms with E-state index in [2.05, 4.69) is 10.6 Å². The Morgan fingerprint density at radius 1 is 1.16 bits per heavy atom. The van der Waals surface area contributed by atoms with Gasteiger partial charge in [0, 0.05) is 19.0 Å². The van der Waals surface area contributed by atoms with Gasteiger partial charge in [-0.2, -0.15) is 0 Å². The highest BCUT2D eigenvalue weighted by atomic mass is 32.2. The van der Waals surface area contributed by atoms with Gasteiger partial charge in [0.25, 0.3) is 5.91 Å². The summed E-state index contributed by atoms with van der Waals surface area (Å²) < 4.78 is 24.8. The van der Waals surface area contributed by atoms with Crippen LogP contribution in [0.15, 0.2) is 29.2 Å². The van der Waals surface area contributed by atoms with Crippen LogP contribution in [-0.4, -0.2) is 38.1 Å². The number of benzene rings is 1. The number of sulfone groups is 1. The zero-order chi connectivity index (χ0) is 18.4. The molecule has 1 aliphatic rings. The molecule has 0 bridgehead atoms. The summed E-state index contributed by atoms with van der Waals surface area (Å²) in [4.78, 5) is 24.3. The second-order valence-corrected chi connectivity index (χ2v) is 9.12. The summed E-state index contributed by atoms with van der Waals surface area (Å²) in [5, 5.41) is 4.99. The van der Waals surface area contributed by atoms with Crippen molar-refractivity contribution >= 4 is 21.7 Å². The highest BCUT2D eigenvalue weighted by molar-refractivity contribution is 7.92. The van der Waals surface area contributed by atoms with E-state index >= 15 is 0 Å². The van der Waals surface area contributed by atoms with Crippen LogP contribution in [0.5, 0.6) is 0 Å². The largest absolute Gasteiger partial charge is 0.353 e. The molecular formula is C18H26N2O4S. The molecule has 1 aromatic rings. The first-order valence-corrected chi connectivity index (χ1v) is 10.3. The van der Waals surface area contributed by atoms with E-state index in [0.717, 1.165) is 25.7 Å². The summed E-state index contributed by atoms with van der Waals surface area (Å²) >= 11 is 0. The zero-order valence-electron chi connectivity index (χ0n) is 14.7.